The summed E-state index contributed by atoms with van der Waals surface area (Å²) in [5.41, 5.74) is 0.872. The van der Waals surface area contributed by atoms with Gasteiger partial charge in [-0.3, -0.25) is 4.79 Å². The van der Waals surface area contributed by atoms with Crippen molar-refractivity contribution >= 4 is 45.3 Å². The number of nitrogens with zero attached hydrogens (tertiary/aromatic N) is 1. The topological polar surface area (TPSA) is 88.4 Å². The van der Waals surface area contributed by atoms with Crippen molar-refractivity contribution in [2.45, 2.75) is 4.90 Å². The van der Waals surface area contributed by atoms with Crippen LogP contribution in [0, 0.1) is 11.3 Å². The number of para-hydroxylation sites is 1. The van der Waals surface area contributed by atoms with Crippen molar-refractivity contribution in [2.75, 3.05) is 24.8 Å². The fourth-order valence-electron chi connectivity index (χ4n) is 2.00. The number of nitriles is 1. The fourth-order valence-corrected chi connectivity index (χ4v) is 3.21. The van der Waals surface area contributed by atoms with Crippen molar-refractivity contribution in [1.29, 1.82) is 5.26 Å². The molecule has 2 aromatic rings. The highest BCUT2D eigenvalue weighted by atomic mass is 79.9. The van der Waals surface area contributed by atoms with E-state index in [1.165, 1.54) is 18.9 Å². The maximum atomic E-state index is 12.1. The van der Waals surface area contributed by atoms with E-state index in [1.807, 2.05) is 12.1 Å². The molecule has 6 nitrogen and oxygen atoms in total. The summed E-state index contributed by atoms with van der Waals surface area (Å²) in [6.07, 6.45) is 0. The third-order valence-electron chi connectivity index (χ3n) is 3.18. The van der Waals surface area contributed by atoms with Crippen LogP contribution in [-0.4, -0.2) is 31.3 Å². The minimum atomic E-state index is -0.615. The van der Waals surface area contributed by atoms with Gasteiger partial charge in [-0.2, -0.15) is 5.26 Å². The predicted octanol–water partition coefficient (Wildman–Crippen LogP) is 3.87. The lowest BCUT2D eigenvalue weighted by Gasteiger charge is -2.10. The number of carbonyl (C=O) groups excluding carboxylic acids is 2. The van der Waals surface area contributed by atoms with Gasteiger partial charge in [0.25, 0.3) is 5.91 Å². The number of esters is 1. The first kappa shape index (κ1) is 19.8. The molecule has 2 rings (SSSR count). The summed E-state index contributed by atoms with van der Waals surface area (Å²) in [5.74, 6) is -0.217. The second-order valence-electron chi connectivity index (χ2n) is 4.92. The standard InChI is InChI=1S/C18H15BrN2O4S/c1-24-15-7-6-12(10-13(15)19)18(23)25-11-17(22)21-14-4-2-3-5-16(14)26-9-8-20/h2-7,10H,9,11H2,1H3,(H,21,22). The summed E-state index contributed by atoms with van der Waals surface area (Å²) in [6, 6.07) is 13.9. The molecule has 0 atom stereocenters. The van der Waals surface area contributed by atoms with Crippen LogP contribution >= 0.6 is 27.7 Å². The van der Waals surface area contributed by atoms with E-state index in [0.717, 1.165) is 4.90 Å². The van der Waals surface area contributed by atoms with Crippen molar-refractivity contribution in [2.24, 2.45) is 0 Å². The first-order chi connectivity index (χ1) is 12.5. The van der Waals surface area contributed by atoms with Crippen molar-refractivity contribution in [3.05, 3.63) is 52.5 Å². The number of methoxy groups -OCH3 is 1. The van der Waals surface area contributed by atoms with E-state index in [-0.39, 0.29) is 5.75 Å². The Morgan fingerprint density at radius 3 is 2.73 bits per heavy atom. The van der Waals surface area contributed by atoms with Gasteiger partial charge in [-0.05, 0) is 46.3 Å². The van der Waals surface area contributed by atoms with Gasteiger partial charge in [0, 0.05) is 4.90 Å². The number of carbonyl (C=O) groups is 2. The fraction of sp³-hybridized carbons (Fsp3) is 0.167. The summed E-state index contributed by atoms with van der Waals surface area (Å²) >= 11 is 4.61. The molecule has 0 aliphatic carbocycles. The molecular weight excluding hydrogens is 420 g/mol. The average Bonchev–Trinajstić information content (AvgIpc) is 2.65. The number of anilines is 1. The van der Waals surface area contributed by atoms with Crippen LogP contribution < -0.4 is 10.1 Å². The second-order valence-corrected chi connectivity index (χ2v) is 6.79. The van der Waals surface area contributed by atoms with Crippen molar-refractivity contribution in [3.8, 4) is 11.8 Å². The summed E-state index contributed by atoms with van der Waals surface area (Å²) in [7, 11) is 1.52. The molecule has 0 spiro atoms. The number of ether oxygens (including phenoxy) is 2. The third-order valence-corrected chi connectivity index (χ3v) is 4.74. The second kappa shape index (κ2) is 9.85. The molecule has 0 radical (unpaired) electrons. The molecule has 0 fully saturated rings. The Morgan fingerprint density at radius 1 is 1.27 bits per heavy atom. The third kappa shape index (κ3) is 5.51. The predicted molar refractivity (Wildman–Crippen MR) is 102 cm³/mol. The van der Waals surface area contributed by atoms with Gasteiger partial charge < -0.3 is 14.8 Å². The Labute approximate surface area is 163 Å². The van der Waals surface area contributed by atoms with Gasteiger partial charge >= 0.3 is 5.97 Å². The van der Waals surface area contributed by atoms with Gasteiger partial charge in [-0.25, -0.2) is 4.79 Å². The Morgan fingerprint density at radius 2 is 2.04 bits per heavy atom. The Bertz CT molecular complexity index is 851. The number of nitrogens with one attached hydrogen (secondary N) is 1. The van der Waals surface area contributed by atoms with Gasteiger partial charge in [-0.1, -0.05) is 12.1 Å². The SMILES string of the molecule is COc1ccc(C(=O)OCC(=O)Nc2ccccc2SCC#N)cc1Br. The van der Waals surface area contributed by atoms with Crippen LogP contribution in [0.25, 0.3) is 0 Å². The van der Waals surface area contributed by atoms with E-state index >= 15 is 0 Å². The number of hydrogen-bond donors (Lipinski definition) is 1. The summed E-state index contributed by atoms with van der Waals surface area (Å²) in [6.45, 7) is -0.417. The first-order valence-corrected chi connectivity index (χ1v) is 9.22. The van der Waals surface area contributed by atoms with E-state index in [4.69, 9.17) is 14.7 Å². The Balaban J connectivity index is 1.94. The van der Waals surface area contributed by atoms with Crippen LogP contribution in [0.3, 0.4) is 0 Å². The highest BCUT2D eigenvalue weighted by molar-refractivity contribution is 9.10. The molecule has 0 saturated carbocycles. The molecule has 0 aliphatic heterocycles. The molecule has 0 heterocycles. The lowest BCUT2D eigenvalue weighted by molar-refractivity contribution is -0.119. The normalized spacial score (nSPS) is 9.88. The van der Waals surface area contributed by atoms with Gasteiger partial charge in [0.1, 0.15) is 5.75 Å². The highest BCUT2D eigenvalue weighted by Gasteiger charge is 2.13. The summed E-state index contributed by atoms with van der Waals surface area (Å²) in [4.78, 5) is 24.9. The molecule has 0 saturated heterocycles. The van der Waals surface area contributed by atoms with Crippen molar-refractivity contribution in [3.63, 3.8) is 0 Å². The largest absolute Gasteiger partial charge is 0.496 e. The molecule has 0 unspecified atom stereocenters. The van der Waals surface area contributed by atoms with Gasteiger partial charge in [0.05, 0.1) is 34.7 Å². The minimum absolute atomic E-state index is 0.272. The molecule has 0 aliphatic rings. The van der Waals surface area contributed by atoms with E-state index in [2.05, 4.69) is 21.2 Å². The molecule has 26 heavy (non-hydrogen) atoms. The molecule has 134 valence electrons. The summed E-state index contributed by atoms with van der Waals surface area (Å²) in [5, 5.41) is 11.4. The minimum Gasteiger partial charge on any atom is -0.496 e. The van der Waals surface area contributed by atoms with E-state index < -0.39 is 18.5 Å². The van der Waals surface area contributed by atoms with Crippen LogP contribution in [-0.2, 0) is 9.53 Å². The lowest BCUT2D eigenvalue weighted by atomic mass is 10.2. The molecule has 0 aromatic heterocycles. The smallest absolute Gasteiger partial charge is 0.338 e. The molecular formula is C18H15BrN2O4S. The first-order valence-electron chi connectivity index (χ1n) is 7.44. The van der Waals surface area contributed by atoms with E-state index in [1.54, 1.807) is 36.4 Å². The number of benzene rings is 2. The van der Waals surface area contributed by atoms with Crippen LogP contribution in [0.5, 0.6) is 5.75 Å². The molecule has 1 amide bonds. The monoisotopic (exact) mass is 434 g/mol. The molecule has 1 N–H and O–H groups in total. The number of rotatable bonds is 7. The number of halogens is 1. The van der Waals surface area contributed by atoms with E-state index in [9.17, 15) is 9.59 Å². The zero-order valence-electron chi connectivity index (χ0n) is 13.8. The van der Waals surface area contributed by atoms with Crippen LogP contribution in [0.4, 0.5) is 5.69 Å². The Kier molecular flexibility index (Phi) is 7.51. The van der Waals surface area contributed by atoms with Crippen molar-refractivity contribution < 1.29 is 19.1 Å². The highest BCUT2D eigenvalue weighted by Crippen LogP contribution is 2.27. The number of amides is 1. The van der Waals surface area contributed by atoms with Gasteiger partial charge in [-0.15, -0.1) is 11.8 Å². The zero-order valence-corrected chi connectivity index (χ0v) is 16.2. The maximum Gasteiger partial charge on any atom is 0.338 e. The van der Waals surface area contributed by atoms with Crippen molar-refractivity contribution in [1.82, 2.24) is 0 Å². The van der Waals surface area contributed by atoms with Crippen LogP contribution in [0.1, 0.15) is 10.4 Å². The summed E-state index contributed by atoms with van der Waals surface area (Å²) < 4.78 is 10.8. The molecule has 8 heteroatoms. The van der Waals surface area contributed by atoms with E-state index in [0.29, 0.717) is 21.5 Å². The van der Waals surface area contributed by atoms with Crippen LogP contribution in [0.15, 0.2) is 51.8 Å². The lowest BCUT2D eigenvalue weighted by Crippen LogP contribution is -2.21. The van der Waals surface area contributed by atoms with Crippen LogP contribution in [0.2, 0.25) is 0 Å². The van der Waals surface area contributed by atoms with Gasteiger partial charge in [0.15, 0.2) is 6.61 Å². The molecule has 0 bridgehead atoms. The average molecular weight is 435 g/mol. The number of thioether (sulfide) groups is 1. The van der Waals surface area contributed by atoms with Gasteiger partial charge in [0.2, 0.25) is 0 Å². The Hall–Kier alpha value is -2.50. The quantitative estimate of drug-likeness (QED) is 0.525. The maximum absolute atomic E-state index is 12.1. The zero-order chi connectivity index (χ0) is 18.9. The number of hydrogen-bond acceptors (Lipinski definition) is 6. The molecule has 2 aromatic carbocycles.